The second-order valence-electron chi connectivity index (χ2n) is 5.36. The van der Waals surface area contributed by atoms with Gasteiger partial charge in [-0.1, -0.05) is 24.3 Å². The molecule has 0 radical (unpaired) electrons. The minimum Gasteiger partial charge on any atom is -0.497 e. The Morgan fingerprint density at radius 3 is 2.30 bits per heavy atom. The maximum Gasteiger partial charge on any atom is 0.415 e. The highest BCUT2D eigenvalue weighted by Crippen LogP contribution is 2.22. The van der Waals surface area contributed by atoms with E-state index in [1.807, 2.05) is 36.4 Å². The van der Waals surface area contributed by atoms with Gasteiger partial charge in [-0.15, -0.1) is 0 Å². The molecule has 5 nitrogen and oxygen atoms in total. The Morgan fingerprint density at radius 2 is 1.61 bits per heavy atom. The Balaban J connectivity index is 1.56. The van der Waals surface area contributed by atoms with Crippen molar-refractivity contribution in [3.05, 3.63) is 54.6 Å². The number of carbonyl (C=O) groups excluding carboxylic acids is 1. The van der Waals surface area contributed by atoms with Crippen molar-refractivity contribution >= 4 is 11.8 Å². The van der Waals surface area contributed by atoms with E-state index in [9.17, 15) is 4.79 Å². The molecule has 2 aromatic carbocycles. The molecule has 1 fully saturated rings. The molecule has 1 amide bonds. The fourth-order valence-electron chi connectivity index (χ4n) is 2.61. The number of benzene rings is 2. The average molecular weight is 312 g/mol. The van der Waals surface area contributed by atoms with Crippen molar-refractivity contribution in [2.45, 2.75) is 0 Å². The lowest BCUT2D eigenvalue weighted by Gasteiger charge is -2.35. The smallest absolute Gasteiger partial charge is 0.415 e. The summed E-state index contributed by atoms with van der Waals surface area (Å²) in [4.78, 5) is 16.2. The Bertz CT molecular complexity index is 652. The number of hydrogen-bond donors (Lipinski definition) is 0. The molecule has 120 valence electrons. The van der Waals surface area contributed by atoms with Crippen LogP contribution in [0.15, 0.2) is 54.6 Å². The van der Waals surface area contributed by atoms with Crippen LogP contribution in [0, 0.1) is 0 Å². The number of hydrogen-bond acceptors (Lipinski definition) is 4. The number of piperazine rings is 1. The summed E-state index contributed by atoms with van der Waals surface area (Å²) in [6, 6.07) is 17.1. The molecule has 0 aromatic heterocycles. The van der Waals surface area contributed by atoms with Crippen LogP contribution in [0.5, 0.6) is 11.5 Å². The maximum absolute atomic E-state index is 12.2. The van der Waals surface area contributed by atoms with Crippen LogP contribution >= 0.6 is 0 Å². The van der Waals surface area contributed by atoms with E-state index in [0.717, 1.165) is 24.5 Å². The van der Waals surface area contributed by atoms with E-state index in [1.54, 1.807) is 24.1 Å². The summed E-state index contributed by atoms with van der Waals surface area (Å²) in [6.07, 6.45) is -0.290. The molecule has 0 N–H and O–H groups in total. The first kappa shape index (κ1) is 15.2. The standard InChI is InChI=1S/C18H20N2O3/c1-22-17-9-5-6-15(14-17)19-10-12-20(13-11-19)18(21)23-16-7-3-2-4-8-16/h2-9,14H,10-13H2,1H3. The van der Waals surface area contributed by atoms with Crippen molar-refractivity contribution in [3.8, 4) is 11.5 Å². The van der Waals surface area contributed by atoms with Gasteiger partial charge < -0.3 is 19.3 Å². The number of anilines is 1. The molecule has 1 heterocycles. The molecule has 3 rings (SSSR count). The van der Waals surface area contributed by atoms with Crippen molar-refractivity contribution in [3.63, 3.8) is 0 Å². The zero-order chi connectivity index (χ0) is 16.1. The van der Waals surface area contributed by atoms with Gasteiger partial charge in [0.05, 0.1) is 7.11 Å². The number of ether oxygens (including phenoxy) is 2. The van der Waals surface area contributed by atoms with Gasteiger partial charge in [-0.3, -0.25) is 0 Å². The summed E-state index contributed by atoms with van der Waals surface area (Å²) < 4.78 is 10.6. The third kappa shape index (κ3) is 3.74. The minimum absolute atomic E-state index is 0.290. The Labute approximate surface area is 136 Å². The van der Waals surface area contributed by atoms with Crippen LogP contribution < -0.4 is 14.4 Å². The Kier molecular flexibility index (Phi) is 4.66. The lowest BCUT2D eigenvalue weighted by Crippen LogP contribution is -2.49. The number of carbonyl (C=O) groups is 1. The van der Waals surface area contributed by atoms with Crippen LogP contribution in [-0.4, -0.2) is 44.3 Å². The van der Waals surface area contributed by atoms with Crippen molar-refractivity contribution < 1.29 is 14.3 Å². The molecule has 0 saturated carbocycles. The Hall–Kier alpha value is -2.69. The molecule has 1 aliphatic heterocycles. The van der Waals surface area contributed by atoms with Gasteiger partial charge in [0.15, 0.2) is 0 Å². The van der Waals surface area contributed by atoms with E-state index in [-0.39, 0.29) is 6.09 Å². The zero-order valence-corrected chi connectivity index (χ0v) is 13.1. The van der Waals surface area contributed by atoms with E-state index >= 15 is 0 Å². The van der Waals surface area contributed by atoms with Gasteiger partial charge in [-0.25, -0.2) is 4.79 Å². The molecule has 0 spiro atoms. The predicted octanol–water partition coefficient (Wildman–Crippen LogP) is 3.02. The lowest BCUT2D eigenvalue weighted by atomic mass is 10.2. The second-order valence-corrected chi connectivity index (χ2v) is 5.36. The SMILES string of the molecule is COc1cccc(N2CCN(C(=O)Oc3ccccc3)CC2)c1. The quantitative estimate of drug-likeness (QED) is 0.874. The van der Waals surface area contributed by atoms with Gasteiger partial charge in [0.1, 0.15) is 11.5 Å². The fourth-order valence-corrected chi connectivity index (χ4v) is 2.61. The van der Waals surface area contributed by atoms with Gasteiger partial charge in [0.2, 0.25) is 0 Å². The van der Waals surface area contributed by atoms with Crippen molar-refractivity contribution in [1.29, 1.82) is 0 Å². The van der Waals surface area contributed by atoms with E-state index in [4.69, 9.17) is 9.47 Å². The van der Waals surface area contributed by atoms with E-state index < -0.39 is 0 Å². The third-order valence-electron chi connectivity index (χ3n) is 3.90. The summed E-state index contributed by atoms with van der Waals surface area (Å²) in [7, 11) is 1.66. The summed E-state index contributed by atoms with van der Waals surface area (Å²) in [5, 5.41) is 0. The van der Waals surface area contributed by atoms with E-state index in [1.165, 1.54) is 0 Å². The van der Waals surface area contributed by atoms with Crippen LogP contribution in [0.3, 0.4) is 0 Å². The predicted molar refractivity (Wildman–Crippen MR) is 89.2 cm³/mol. The molecular weight excluding hydrogens is 292 g/mol. The first-order chi connectivity index (χ1) is 11.3. The first-order valence-corrected chi connectivity index (χ1v) is 7.67. The number of amides is 1. The highest BCUT2D eigenvalue weighted by atomic mass is 16.6. The highest BCUT2D eigenvalue weighted by Gasteiger charge is 2.22. The largest absolute Gasteiger partial charge is 0.497 e. The van der Waals surface area contributed by atoms with Crippen LogP contribution in [0.25, 0.3) is 0 Å². The summed E-state index contributed by atoms with van der Waals surface area (Å²) in [5.41, 5.74) is 1.11. The average Bonchev–Trinajstić information content (AvgIpc) is 2.63. The number of para-hydroxylation sites is 1. The molecule has 1 aliphatic rings. The van der Waals surface area contributed by atoms with E-state index in [0.29, 0.717) is 18.8 Å². The highest BCUT2D eigenvalue weighted by molar-refractivity contribution is 5.71. The molecule has 0 bridgehead atoms. The van der Waals surface area contributed by atoms with Crippen LogP contribution in [0.4, 0.5) is 10.5 Å². The lowest BCUT2D eigenvalue weighted by molar-refractivity contribution is 0.149. The van der Waals surface area contributed by atoms with Crippen LogP contribution in [-0.2, 0) is 0 Å². The number of methoxy groups -OCH3 is 1. The zero-order valence-electron chi connectivity index (χ0n) is 13.1. The van der Waals surface area contributed by atoms with Gasteiger partial charge in [0.25, 0.3) is 0 Å². The van der Waals surface area contributed by atoms with Crippen molar-refractivity contribution in [2.24, 2.45) is 0 Å². The van der Waals surface area contributed by atoms with Gasteiger partial charge in [0, 0.05) is 37.9 Å². The third-order valence-corrected chi connectivity index (χ3v) is 3.90. The summed E-state index contributed by atoms with van der Waals surface area (Å²) in [5.74, 6) is 1.42. The molecule has 0 aliphatic carbocycles. The topological polar surface area (TPSA) is 42.0 Å². The van der Waals surface area contributed by atoms with E-state index in [2.05, 4.69) is 11.0 Å². The molecule has 2 aromatic rings. The molecule has 0 atom stereocenters. The second kappa shape index (κ2) is 7.05. The fraction of sp³-hybridized carbons (Fsp3) is 0.278. The first-order valence-electron chi connectivity index (χ1n) is 7.67. The van der Waals surface area contributed by atoms with Crippen molar-refractivity contribution in [1.82, 2.24) is 4.90 Å². The van der Waals surface area contributed by atoms with Crippen molar-refractivity contribution in [2.75, 3.05) is 38.2 Å². The normalized spacial score (nSPS) is 14.5. The summed E-state index contributed by atoms with van der Waals surface area (Å²) in [6.45, 7) is 2.83. The molecule has 5 heteroatoms. The van der Waals surface area contributed by atoms with Crippen LogP contribution in [0.2, 0.25) is 0 Å². The van der Waals surface area contributed by atoms with Gasteiger partial charge >= 0.3 is 6.09 Å². The monoisotopic (exact) mass is 312 g/mol. The molecule has 1 saturated heterocycles. The number of nitrogens with zero attached hydrogens (tertiary/aromatic N) is 2. The molecule has 0 unspecified atom stereocenters. The van der Waals surface area contributed by atoms with Crippen LogP contribution in [0.1, 0.15) is 0 Å². The molecular formula is C18H20N2O3. The summed E-state index contributed by atoms with van der Waals surface area (Å²) >= 11 is 0. The maximum atomic E-state index is 12.2. The number of rotatable bonds is 3. The van der Waals surface area contributed by atoms with Gasteiger partial charge in [-0.2, -0.15) is 0 Å². The molecule has 23 heavy (non-hydrogen) atoms. The Morgan fingerprint density at radius 1 is 0.913 bits per heavy atom. The minimum atomic E-state index is -0.290. The van der Waals surface area contributed by atoms with Gasteiger partial charge in [-0.05, 0) is 24.3 Å².